The van der Waals surface area contributed by atoms with Crippen LogP contribution in [0, 0.1) is 0 Å². The molecule has 2 heterocycles. The van der Waals surface area contributed by atoms with Gasteiger partial charge in [0.1, 0.15) is 0 Å². The maximum absolute atomic E-state index is 13.4. The highest BCUT2D eigenvalue weighted by Gasteiger charge is 2.33. The minimum Gasteiger partial charge on any atom is -0.463 e. The molecular formula is C23H18BrClN2O3S. The fraction of sp³-hybridized carbons (Fsp3) is 0.174. The van der Waals surface area contributed by atoms with Gasteiger partial charge in [-0.2, -0.15) is 0 Å². The summed E-state index contributed by atoms with van der Waals surface area (Å²) in [7, 11) is 0. The normalized spacial score (nSPS) is 16.1. The average Bonchev–Trinajstić information content (AvgIpc) is 3.04. The van der Waals surface area contributed by atoms with Crippen LogP contribution in [0.2, 0.25) is 5.02 Å². The number of carbonyl (C=O) groups excluding carboxylic acids is 1. The summed E-state index contributed by atoms with van der Waals surface area (Å²) in [6.07, 6.45) is 1.81. The van der Waals surface area contributed by atoms with Gasteiger partial charge in [0, 0.05) is 9.50 Å². The van der Waals surface area contributed by atoms with Crippen molar-refractivity contribution in [2.45, 2.75) is 19.9 Å². The summed E-state index contributed by atoms with van der Waals surface area (Å²) < 4.78 is 8.31. The van der Waals surface area contributed by atoms with Gasteiger partial charge in [-0.05, 0) is 55.3 Å². The highest BCUT2D eigenvalue weighted by atomic mass is 79.9. The highest BCUT2D eigenvalue weighted by Crippen LogP contribution is 2.31. The first-order valence-corrected chi connectivity index (χ1v) is 11.6. The Balaban J connectivity index is 1.94. The van der Waals surface area contributed by atoms with Crippen molar-refractivity contribution < 1.29 is 9.53 Å². The quantitative estimate of drug-likeness (QED) is 0.487. The molecule has 0 spiro atoms. The minimum atomic E-state index is -0.615. The summed E-state index contributed by atoms with van der Waals surface area (Å²) in [5.41, 5.74) is 2.37. The number of benzene rings is 2. The van der Waals surface area contributed by atoms with Crippen LogP contribution < -0.4 is 14.9 Å². The van der Waals surface area contributed by atoms with E-state index >= 15 is 0 Å². The topological polar surface area (TPSA) is 60.7 Å². The van der Waals surface area contributed by atoms with E-state index in [0.29, 0.717) is 25.6 Å². The Morgan fingerprint density at radius 1 is 1.23 bits per heavy atom. The van der Waals surface area contributed by atoms with Crippen LogP contribution in [0.3, 0.4) is 0 Å². The summed E-state index contributed by atoms with van der Waals surface area (Å²) >= 11 is 10.7. The van der Waals surface area contributed by atoms with Crippen molar-refractivity contribution in [1.82, 2.24) is 4.57 Å². The van der Waals surface area contributed by atoms with E-state index in [1.807, 2.05) is 42.5 Å². The molecule has 0 saturated carbocycles. The van der Waals surface area contributed by atoms with Crippen LogP contribution in [0.1, 0.15) is 31.0 Å². The second kappa shape index (κ2) is 8.94. The summed E-state index contributed by atoms with van der Waals surface area (Å²) in [4.78, 5) is 31.4. The minimum absolute atomic E-state index is 0.207. The van der Waals surface area contributed by atoms with Crippen molar-refractivity contribution in [2.24, 2.45) is 4.99 Å². The molecule has 0 unspecified atom stereocenters. The largest absolute Gasteiger partial charge is 0.463 e. The van der Waals surface area contributed by atoms with E-state index in [2.05, 4.69) is 20.9 Å². The third-order valence-corrected chi connectivity index (χ3v) is 6.63. The summed E-state index contributed by atoms with van der Waals surface area (Å²) in [5, 5.41) is 0.628. The van der Waals surface area contributed by atoms with E-state index in [1.165, 1.54) is 11.3 Å². The second-order valence-electron chi connectivity index (χ2n) is 6.91. The zero-order chi connectivity index (χ0) is 22.1. The molecule has 5 nitrogen and oxygen atoms in total. The molecule has 1 atom stereocenters. The molecule has 0 aliphatic carbocycles. The lowest BCUT2D eigenvalue weighted by Gasteiger charge is -2.24. The van der Waals surface area contributed by atoms with Crippen LogP contribution >= 0.6 is 38.9 Å². The third-order valence-electron chi connectivity index (χ3n) is 4.87. The molecule has 1 aliphatic heterocycles. The average molecular weight is 518 g/mol. The SMILES string of the molecule is CCOC(=O)C1=C(C)N=c2s/c(=C\c3ccc(Cl)cc3)c(=O)n2[C@H]1c1ccc(Br)cc1. The lowest BCUT2D eigenvalue weighted by Crippen LogP contribution is -2.39. The predicted molar refractivity (Wildman–Crippen MR) is 126 cm³/mol. The maximum Gasteiger partial charge on any atom is 0.338 e. The zero-order valence-electron chi connectivity index (χ0n) is 16.8. The molecule has 0 fully saturated rings. The van der Waals surface area contributed by atoms with Gasteiger partial charge in [-0.3, -0.25) is 9.36 Å². The Bertz CT molecular complexity index is 1360. The third kappa shape index (κ3) is 4.31. The van der Waals surface area contributed by atoms with Crippen molar-refractivity contribution in [3.8, 4) is 0 Å². The van der Waals surface area contributed by atoms with Crippen molar-refractivity contribution in [3.05, 3.63) is 100 Å². The summed E-state index contributed by atoms with van der Waals surface area (Å²) in [5.74, 6) is -0.469. The van der Waals surface area contributed by atoms with Crippen molar-refractivity contribution in [3.63, 3.8) is 0 Å². The van der Waals surface area contributed by atoms with E-state index < -0.39 is 12.0 Å². The Morgan fingerprint density at radius 2 is 1.90 bits per heavy atom. The van der Waals surface area contributed by atoms with E-state index in [1.54, 1.807) is 30.5 Å². The van der Waals surface area contributed by atoms with Crippen LogP contribution in [0.5, 0.6) is 0 Å². The van der Waals surface area contributed by atoms with E-state index in [0.717, 1.165) is 15.6 Å². The van der Waals surface area contributed by atoms with Gasteiger partial charge in [0.2, 0.25) is 0 Å². The number of carbonyl (C=O) groups is 1. The van der Waals surface area contributed by atoms with Gasteiger partial charge in [0.05, 0.1) is 28.5 Å². The Morgan fingerprint density at radius 3 is 2.55 bits per heavy atom. The van der Waals surface area contributed by atoms with Crippen molar-refractivity contribution in [1.29, 1.82) is 0 Å². The van der Waals surface area contributed by atoms with E-state index in [-0.39, 0.29) is 12.2 Å². The van der Waals surface area contributed by atoms with Gasteiger partial charge in [-0.15, -0.1) is 0 Å². The van der Waals surface area contributed by atoms with Crippen LogP contribution in [0.25, 0.3) is 6.08 Å². The van der Waals surface area contributed by atoms with Gasteiger partial charge in [0.25, 0.3) is 5.56 Å². The Labute approximate surface area is 196 Å². The number of rotatable bonds is 4. The number of aromatic nitrogens is 1. The van der Waals surface area contributed by atoms with Crippen LogP contribution in [0.15, 0.2) is 74.1 Å². The Hall–Kier alpha value is -2.48. The number of ether oxygens (including phenoxy) is 1. The molecule has 8 heteroatoms. The number of nitrogens with zero attached hydrogens (tertiary/aromatic N) is 2. The zero-order valence-corrected chi connectivity index (χ0v) is 19.9. The van der Waals surface area contributed by atoms with Gasteiger partial charge in [0.15, 0.2) is 4.80 Å². The monoisotopic (exact) mass is 516 g/mol. The number of fused-ring (bicyclic) bond motifs is 1. The van der Waals surface area contributed by atoms with Crippen LogP contribution in [-0.4, -0.2) is 17.1 Å². The molecule has 31 heavy (non-hydrogen) atoms. The fourth-order valence-corrected chi connectivity index (χ4v) is 4.90. The van der Waals surface area contributed by atoms with Gasteiger partial charge in [-0.1, -0.05) is 63.1 Å². The first-order valence-electron chi connectivity index (χ1n) is 9.59. The number of halogens is 2. The lowest BCUT2D eigenvalue weighted by molar-refractivity contribution is -0.139. The molecule has 4 rings (SSSR count). The number of thiazole rings is 1. The molecular weight excluding hydrogens is 500 g/mol. The highest BCUT2D eigenvalue weighted by molar-refractivity contribution is 9.10. The maximum atomic E-state index is 13.4. The molecule has 3 aromatic rings. The standard InChI is InChI=1S/C23H18BrClN2O3S/c1-3-30-22(29)19-13(2)26-23-27(20(19)15-6-8-16(24)9-7-15)21(28)18(31-23)12-14-4-10-17(25)11-5-14/h4-12,20H,3H2,1-2H3/b18-12-/t20-/m0/s1. The summed E-state index contributed by atoms with van der Waals surface area (Å²) in [6.45, 7) is 3.77. The number of hydrogen-bond donors (Lipinski definition) is 0. The molecule has 0 amide bonds. The molecule has 0 radical (unpaired) electrons. The Kier molecular flexibility index (Phi) is 6.27. The first-order chi connectivity index (χ1) is 14.9. The predicted octanol–water partition coefficient (Wildman–Crippen LogP) is 4.21. The molecule has 0 saturated heterocycles. The molecule has 1 aliphatic rings. The number of esters is 1. The fourth-order valence-electron chi connectivity index (χ4n) is 3.46. The molecule has 0 bridgehead atoms. The van der Waals surface area contributed by atoms with Gasteiger partial charge in [-0.25, -0.2) is 9.79 Å². The number of hydrogen-bond acceptors (Lipinski definition) is 5. The summed E-state index contributed by atoms with van der Waals surface area (Å²) in [6, 6.07) is 14.2. The van der Waals surface area contributed by atoms with Crippen LogP contribution in [0.4, 0.5) is 0 Å². The molecule has 0 N–H and O–H groups in total. The molecule has 1 aromatic heterocycles. The number of allylic oxidation sites excluding steroid dienone is 1. The smallest absolute Gasteiger partial charge is 0.338 e. The van der Waals surface area contributed by atoms with Gasteiger partial charge < -0.3 is 4.74 Å². The van der Waals surface area contributed by atoms with E-state index in [9.17, 15) is 9.59 Å². The van der Waals surface area contributed by atoms with Crippen LogP contribution in [-0.2, 0) is 9.53 Å². The second-order valence-corrected chi connectivity index (χ2v) is 9.27. The van der Waals surface area contributed by atoms with Crippen molar-refractivity contribution in [2.75, 3.05) is 6.61 Å². The molecule has 158 valence electrons. The van der Waals surface area contributed by atoms with Crippen molar-refractivity contribution >= 4 is 50.9 Å². The van der Waals surface area contributed by atoms with E-state index in [4.69, 9.17) is 16.3 Å². The van der Waals surface area contributed by atoms with Gasteiger partial charge >= 0.3 is 5.97 Å². The lowest BCUT2D eigenvalue weighted by atomic mass is 9.96. The first kappa shape index (κ1) is 21.7. The molecule has 2 aromatic carbocycles.